The normalized spacial score (nSPS) is 10.4. The lowest BCUT2D eigenvalue weighted by atomic mass is 10.1. The molecule has 6 heteroatoms. The van der Waals surface area contributed by atoms with Gasteiger partial charge in [0.2, 0.25) is 0 Å². The van der Waals surface area contributed by atoms with Gasteiger partial charge in [0.15, 0.2) is 11.5 Å². The molecule has 34 heavy (non-hydrogen) atoms. The lowest BCUT2D eigenvalue weighted by Crippen LogP contribution is -2.12. The molecule has 0 fully saturated rings. The van der Waals surface area contributed by atoms with E-state index in [-0.39, 0.29) is 5.91 Å². The minimum absolute atomic E-state index is 0.304. The number of benzene rings is 4. The van der Waals surface area contributed by atoms with E-state index in [1.165, 1.54) is 0 Å². The molecule has 0 aliphatic heterocycles. The van der Waals surface area contributed by atoms with Crippen molar-refractivity contribution in [1.29, 1.82) is 0 Å². The summed E-state index contributed by atoms with van der Waals surface area (Å²) in [5.74, 6) is 1.93. The van der Waals surface area contributed by atoms with E-state index in [9.17, 15) is 4.79 Å². The number of amides is 1. The highest BCUT2D eigenvalue weighted by molar-refractivity contribution is 6.32. The number of ether oxygens (including phenoxy) is 3. The number of halogens is 1. The van der Waals surface area contributed by atoms with Crippen molar-refractivity contribution in [3.8, 4) is 23.0 Å². The van der Waals surface area contributed by atoms with Gasteiger partial charge in [0.25, 0.3) is 5.91 Å². The van der Waals surface area contributed by atoms with Crippen LogP contribution in [0.25, 0.3) is 0 Å². The Morgan fingerprint density at radius 2 is 1.47 bits per heavy atom. The van der Waals surface area contributed by atoms with Gasteiger partial charge < -0.3 is 19.5 Å². The van der Waals surface area contributed by atoms with E-state index in [0.717, 1.165) is 11.3 Å². The Balaban J connectivity index is 1.45. The van der Waals surface area contributed by atoms with Gasteiger partial charge in [0, 0.05) is 11.3 Å². The Kier molecular flexibility index (Phi) is 7.68. The van der Waals surface area contributed by atoms with Gasteiger partial charge in [-0.05, 0) is 61.0 Å². The molecule has 0 atom stereocenters. The lowest BCUT2D eigenvalue weighted by molar-refractivity contribution is 0.102. The van der Waals surface area contributed by atoms with Gasteiger partial charge >= 0.3 is 0 Å². The van der Waals surface area contributed by atoms with Gasteiger partial charge in [-0.3, -0.25) is 4.79 Å². The molecule has 5 nitrogen and oxygen atoms in total. The van der Waals surface area contributed by atoms with Gasteiger partial charge in [0.05, 0.1) is 11.6 Å². The van der Waals surface area contributed by atoms with Crippen molar-refractivity contribution in [2.24, 2.45) is 0 Å². The second-order valence-electron chi connectivity index (χ2n) is 7.39. The highest BCUT2D eigenvalue weighted by Gasteiger charge is 2.17. The van der Waals surface area contributed by atoms with Gasteiger partial charge in [-0.2, -0.15) is 0 Å². The summed E-state index contributed by atoms with van der Waals surface area (Å²) in [7, 11) is 0. The van der Waals surface area contributed by atoms with Crippen LogP contribution in [0.15, 0.2) is 97.1 Å². The molecule has 0 bridgehead atoms. The van der Waals surface area contributed by atoms with Gasteiger partial charge in [-0.1, -0.05) is 60.1 Å². The van der Waals surface area contributed by atoms with Crippen LogP contribution in [0.2, 0.25) is 5.02 Å². The van der Waals surface area contributed by atoms with Crippen LogP contribution in [0, 0.1) is 0 Å². The Morgan fingerprint density at radius 1 is 0.824 bits per heavy atom. The summed E-state index contributed by atoms with van der Waals surface area (Å²) in [5, 5.41) is 3.18. The first-order valence-corrected chi connectivity index (χ1v) is 11.3. The fourth-order valence-electron chi connectivity index (χ4n) is 3.27. The molecule has 172 valence electrons. The van der Waals surface area contributed by atoms with E-state index in [1.807, 2.05) is 67.6 Å². The van der Waals surface area contributed by atoms with Gasteiger partial charge in [-0.15, -0.1) is 0 Å². The molecule has 0 unspecified atom stereocenters. The first-order chi connectivity index (χ1) is 16.6. The molecule has 0 spiro atoms. The first-order valence-electron chi connectivity index (χ1n) is 10.9. The molecular weight excluding hydrogens is 450 g/mol. The monoisotopic (exact) mass is 473 g/mol. The van der Waals surface area contributed by atoms with E-state index in [2.05, 4.69) is 5.32 Å². The molecule has 0 aliphatic carbocycles. The molecule has 0 heterocycles. The summed E-state index contributed by atoms with van der Waals surface area (Å²) < 4.78 is 17.4. The molecule has 0 saturated carbocycles. The maximum atomic E-state index is 12.9. The molecule has 0 aromatic heterocycles. The largest absolute Gasteiger partial charge is 0.490 e. The van der Waals surface area contributed by atoms with Crippen molar-refractivity contribution >= 4 is 23.2 Å². The van der Waals surface area contributed by atoms with E-state index in [1.54, 1.807) is 36.4 Å². The average molecular weight is 474 g/mol. The summed E-state index contributed by atoms with van der Waals surface area (Å²) in [6.45, 7) is 2.61. The standard InChI is InChI=1S/C28H24ClNO4/c1-2-32-26-18-21(17-25(29)27(26)33-19-20-9-5-3-6-10-20)28(31)30-22-13-15-24(16-14-22)34-23-11-7-4-8-12-23/h3-18H,2,19H2,1H3,(H,30,31). The predicted octanol–water partition coefficient (Wildman–Crippen LogP) is 7.36. The van der Waals surface area contributed by atoms with Crippen LogP contribution in [0.5, 0.6) is 23.0 Å². The fraction of sp³-hybridized carbons (Fsp3) is 0.107. The number of anilines is 1. The number of carbonyl (C=O) groups excluding carboxylic acids is 1. The van der Waals surface area contributed by atoms with Crippen LogP contribution >= 0.6 is 11.6 Å². The maximum absolute atomic E-state index is 12.9. The summed E-state index contributed by atoms with van der Waals surface area (Å²) in [5.41, 5.74) is 2.00. The number of carbonyl (C=O) groups is 1. The van der Waals surface area contributed by atoms with Gasteiger partial charge in [-0.25, -0.2) is 0 Å². The van der Waals surface area contributed by atoms with E-state index < -0.39 is 0 Å². The van der Waals surface area contributed by atoms with E-state index >= 15 is 0 Å². The first kappa shape index (κ1) is 23.2. The summed E-state index contributed by atoms with van der Waals surface area (Å²) in [6.07, 6.45) is 0. The molecule has 0 aliphatic rings. The minimum Gasteiger partial charge on any atom is -0.490 e. The molecule has 4 aromatic rings. The van der Waals surface area contributed by atoms with Crippen molar-refractivity contribution in [3.63, 3.8) is 0 Å². The van der Waals surface area contributed by atoms with Crippen LogP contribution in [-0.2, 0) is 6.61 Å². The van der Waals surface area contributed by atoms with Crippen molar-refractivity contribution in [2.45, 2.75) is 13.5 Å². The zero-order valence-corrected chi connectivity index (χ0v) is 19.4. The third-order valence-electron chi connectivity index (χ3n) is 4.89. The zero-order valence-electron chi connectivity index (χ0n) is 18.7. The maximum Gasteiger partial charge on any atom is 0.255 e. The number of rotatable bonds is 9. The zero-order chi connectivity index (χ0) is 23.8. The number of hydrogen-bond donors (Lipinski definition) is 1. The van der Waals surface area contributed by atoms with Crippen LogP contribution in [0.4, 0.5) is 5.69 Å². The van der Waals surface area contributed by atoms with Gasteiger partial charge in [0.1, 0.15) is 18.1 Å². The third-order valence-corrected chi connectivity index (χ3v) is 5.17. The molecular formula is C28H24ClNO4. The van der Waals surface area contributed by atoms with Crippen LogP contribution < -0.4 is 19.5 Å². The summed E-state index contributed by atoms with van der Waals surface area (Å²) in [4.78, 5) is 12.9. The smallest absolute Gasteiger partial charge is 0.255 e. The quantitative estimate of drug-likeness (QED) is 0.276. The van der Waals surface area contributed by atoms with Crippen molar-refractivity contribution in [2.75, 3.05) is 11.9 Å². The molecule has 0 saturated heterocycles. The number of nitrogens with one attached hydrogen (secondary N) is 1. The topological polar surface area (TPSA) is 56.8 Å². The molecule has 1 amide bonds. The van der Waals surface area contributed by atoms with Crippen LogP contribution in [-0.4, -0.2) is 12.5 Å². The Bertz CT molecular complexity index is 1230. The molecule has 4 aromatic carbocycles. The van der Waals surface area contributed by atoms with Crippen molar-refractivity contribution in [3.05, 3.63) is 113 Å². The Morgan fingerprint density at radius 3 is 2.15 bits per heavy atom. The SMILES string of the molecule is CCOc1cc(C(=O)Nc2ccc(Oc3ccccc3)cc2)cc(Cl)c1OCc1ccccc1. The molecule has 4 rings (SSSR count). The van der Waals surface area contributed by atoms with Crippen LogP contribution in [0.1, 0.15) is 22.8 Å². The third kappa shape index (κ3) is 6.09. The number of hydrogen-bond acceptors (Lipinski definition) is 4. The number of para-hydroxylation sites is 1. The van der Waals surface area contributed by atoms with E-state index in [0.29, 0.717) is 46.7 Å². The highest BCUT2D eigenvalue weighted by atomic mass is 35.5. The lowest BCUT2D eigenvalue weighted by Gasteiger charge is -2.15. The second kappa shape index (κ2) is 11.3. The molecule has 0 radical (unpaired) electrons. The summed E-state index contributed by atoms with van der Waals surface area (Å²) in [6, 6.07) is 29.6. The fourth-order valence-corrected chi connectivity index (χ4v) is 3.53. The molecule has 1 N–H and O–H groups in total. The summed E-state index contributed by atoms with van der Waals surface area (Å²) >= 11 is 6.48. The van der Waals surface area contributed by atoms with Crippen molar-refractivity contribution in [1.82, 2.24) is 0 Å². The van der Waals surface area contributed by atoms with Crippen molar-refractivity contribution < 1.29 is 19.0 Å². The van der Waals surface area contributed by atoms with Crippen LogP contribution in [0.3, 0.4) is 0 Å². The second-order valence-corrected chi connectivity index (χ2v) is 7.79. The highest BCUT2D eigenvalue weighted by Crippen LogP contribution is 2.37. The predicted molar refractivity (Wildman–Crippen MR) is 134 cm³/mol. The average Bonchev–Trinajstić information content (AvgIpc) is 2.86. The Hall–Kier alpha value is -3.96. The minimum atomic E-state index is -0.311. The Labute approximate surface area is 203 Å². The van der Waals surface area contributed by atoms with E-state index in [4.69, 9.17) is 25.8 Å².